The fourth-order valence-electron chi connectivity index (χ4n) is 3.37. The first-order valence-electron chi connectivity index (χ1n) is 8.35. The van der Waals surface area contributed by atoms with E-state index >= 15 is 0 Å². The van der Waals surface area contributed by atoms with Gasteiger partial charge in [-0.15, -0.1) is 0 Å². The van der Waals surface area contributed by atoms with Crippen molar-refractivity contribution in [3.05, 3.63) is 18.0 Å². The highest BCUT2D eigenvalue weighted by molar-refractivity contribution is 5.93. The minimum absolute atomic E-state index is 0.0498. The van der Waals surface area contributed by atoms with Crippen LogP contribution in [-0.2, 0) is 20.8 Å². The number of nitrogens with zero attached hydrogens (tertiary/aromatic N) is 4. The number of methoxy groups -OCH3 is 1. The lowest BCUT2D eigenvalue weighted by molar-refractivity contribution is -0.187. The van der Waals surface area contributed by atoms with Crippen LogP contribution in [0.25, 0.3) is 0 Å². The molecular weight excluding hydrogens is 326 g/mol. The van der Waals surface area contributed by atoms with Gasteiger partial charge in [0.1, 0.15) is 17.3 Å². The molecule has 1 aromatic rings. The van der Waals surface area contributed by atoms with Gasteiger partial charge in [-0.05, 0) is 13.1 Å². The van der Waals surface area contributed by atoms with Gasteiger partial charge < -0.3 is 19.7 Å². The van der Waals surface area contributed by atoms with E-state index in [-0.39, 0.29) is 23.5 Å². The SMILES string of the molecule is CNC(=O)[C@H]1COC2(CN(C(=O)c3ccn(CCOC)n3)C2)CN1C. The Hall–Kier alpha value is -1.97. The molecule has 9 nitrogen and oxygen atoms in total. The van der Waals surface area contributed by atoms with Gasteiger partial charge >= 0.3 is 0 Å². The monoisotopic (exact) mass is 351 g/mol. The highest BCUT2D eigenvalue weighted by Gasteiger charge is 2.51. The van der Waals surface area contributed by atoms with Crippen LogP contribution in [0, 0.1) is 0 Å². The zero-order valence-electron chi connectivity index (χ0n) is 14.9. The summed E-state index contributed by atoms with van der Waals surface area (Å²) in [5.41, 5.74) is 0.0476. The number of rotatable bonds is 5. The number of carbonyl (C=O) groups excluding carboxylic acids is 2. The van der Waals surface area contributed by atoms with Crippen molar-refractivity contribution in [1.82, 2.24) is 24.9 Å². The molecule has 2 aliphatic rings. The number of likely N-dealkylation sites (tertiary alicyclic amines) is 1. The summed E-state index contributed by atoms with van der Waals surface area (Å²) in [5, 5.41) is 6.94. The average molecular weight is 351 g/mol. The molecule has 0 unspecified atom stereocenters. The average Bonchev–Trinajstić information content (AvgIpc) is 3.05. The number of hydrogen-bond acceptors (Lipinski definition) is 6. The zero-order valence-corrected chi connectivity index (χ0v) is 14.9. The van der Waals surface area contributed by atoms with Crippen molar-refractivity contribution in [2.45, 2.75) is 18.2 Å². The van der Waals surface area contributed by atoms with E-state index in [2.05, 4.69) is 10.4 Å². The number of likely N-dealkylation sites (N-methyl/N-ethyl adjacent to an activating group) is 2. The summed E-state index contributed by atoms with van der Waals surface area (Å²) in [5.74, 6) is -0.146. The molecule has 25 heavy (non-hydrogen) atoms. The topological polar surface area (TPSA) is 88.9 Å². The molecule has 0 bridgehead atoms. The maximum atomic E-state index is 12.5. The van der Waals surface area contributed by atoms with E-state index in [4.69, 9.17) is 9.47 Å². The molecule has 0 radical (unpaired) electrons. The van der Waals surface area contributed by atoms with Crippen LogP contribution in [0.2, 0.25) is 0 Å². The minimum Gasteiger partial charge on any atom is -0.383 e. The Morgan fingerprint density at radius 3 is 2.84 bits per heavy atom. The lowest BCUT2D eigenvalue weighted by Crippen LogP contribution is -2.73. The highest BCUT2D eigenvalue weighted by atomic mass is 16.5. The highest BCUT2D eigenvalue weighted by Crippen LogP contribution is 2.31. The molecule has 0 aliphatic carbocycles. The first-order chi connectivity index (χ1) is 12.0. The van der Waals surface area contributed by atoms with Crippen LogP contribution in [0.3, 0.4) is 0 Å². The van der Waals surface area contributed by atoms with E-state index in [0.717, 1.165) is 0 Å². The van der Waals surface area contributed by atoms with Crippen molar-refractivity contribution in [2.24, 2.45) is 0 Å². The zero-order chi connectivity index (χ0) is 18.0. The lowest BCUT2D eigenvalue weighted by Gasteiger charge is -2.54. The van der Waals surface area contributed by atoms with Crippen molar-refractivity contribution in [3.63, 3.8) is 0 Å². The summed E-state index contributed by atoms with van der Waals surface area (Å²) < 4.78 is 12.7. The molecule has 2 fully saturated rings. The summed E-state index contributed by atoms with van der Waals surface area (Å²) >= 11 is 0. The van der Waals surface area contributed by atoms with Gasteiger partial charge in [0.2, 0.25) is 5.91 Å². The molecular formula is C16H25N5O4. The normalized spacial score (nSPS) is 22.7. The second-order valence-corrected chi connectivity index (χ2v) is 6.66. The Morgan fingerprint density at radius 2 is 2.20 bits per heavy atom. The second kappa shape index (κ2) is 7.11. The van der Waals surface area contributed by atoms with Crippen LogP contribution < -0.4 is 5.32 Å². The van der Waals surface area contributed by atoms with Gasteiger partial charge in [0.05, 0.1) is 32.8 Å². The molecule has 1 atom stereocenters. The van der Waals surface area contributed by atoms with Gasteiger partial charge in [-0.2, -0.15) is 5.10 Å². The third-order valence-electron chi connectivity index (χ3n) is 4.80. The van der Waals surface area contributed by atoms with Crippen LogP contribution in [0.5, 0.6) is 0 Å². The van der Waals surface area contributed by atoms with Gasteiger partial charge in [-0.3, -0.25) is 19.2 Å². The molecule has 9 heteroatoms. The van der Waals surface area contributed by atoms with Crippen LogP contribution >= 0.6 is 0 Å². The van der Waals surface area contributed by atoms with Gasteiger partial charge in [0.15, 0.2) is 0 Å². The van der Waals surface area contributed by atoms with E-state index in [1.54, 1.807) is 36.0 Å². The molecule has 1 N–H and O–H groups in total. The van der Waals surface area contributed by atoms with Gasteiger partial charge in [0, 0.05) is 26.9 Å². The van der Waals surface area contributed by atoms with Crippen LogP contribution in [0.1, 0.15) is 10.5 Å². The molecule has 2 amide bonds. The lowest BCUT2D eigenvalue weighted by atomic mass is 9.90. The van der Waals surface area contributed by atoms with Gasteiger partial charge in [-0.25, -0.2) is 0 Å². The van der Waals surface area contributed by atoms with Crippen molar-refractivity contribution < 1.29 is 19.1 Å². The number of amides is 2. The predicted molar refractivity (Wildman–Crippen MR) is 89.2 cm³/mol. The Balaban J connectivity index is 1.54. The first-order valence-corrected chi connectivity index (χ1v) is 8.35. The van der Waals surface area contributed by atoms with E-state index in [1.165, 1.54) is 0 Å². The number of ether oxygens (including phenoxy) is 2. The quantitative estimate of drug-likeness (QED) is 0.717. The molecule has 0 saturated carbocycles. The first kappa shape index (κ1) is 17.8. The van der Waals surface area contributed by atoms with Crippen molar-refractivity contribution in [3.8, 4) is 0 Å². The van der Waals surface area contributed by atoms with Crippen molar-refractivity contribution in [1.29, 1.82) is 0 Å². The number of morpholine rings is 1. The Morgan fingerprint density at radius 1 is 1.44 bits per heavy atom. The molecule has 0 aromatic carbocycles. The van der Waals surface area contributed by atoms with Crippen LogP contribution in [0.4, 0.5) is 0 Å². The van der Waals surface area contributed by atoms with E-state index in [0.29, 0.717) is 45.1 Å². The molecule has 1 spiro atoms. The van der Waals surface area contributed by atoms with E-state index < -0.39 is 0 Å². The summed E-state index contributed by atoms with van der Waals surface area (Å²) in [6.07, 6.45) is 1.78. The number of hydrogen-bond donors (Lipinski definition) is 1. The van der Waals surface area contributed by atoms with E-state index in [9.17, 15) is 9.59 Å². The molecule has 3 heterocycles. The van der Waals surface area contributed by atoms with Crippen LogP contribution in [0.15, 0.2) is 12.3 Å². The predicted octanol–water partition coefficient (Wildman–Crippen LogP) is -1.20. The maximum absolute atomic E-state index is 12.5. The standard InChI is InChI=1S/C16H25N5O4/c1-17-14(22)13-8-25-16(9-19(13)2)10-20(11-16)15(23)12-4-5-21(18-12)6-7-24-3/h4-5,13H,6-11H2,1-3H3,(H,17,22)/t13-/m1/s1. The molecule has 2 aliphatic heterocycles. The van der Waals surface area contributed by atoms with Gasteiger partial charge in [-0.1, -0.05) is 0 Å². The minimum atomic E-state index is -0.381. The van der Waals surface area contributed by atoms with Gasteiger partial charge in [0.25, 0.3) is 5.91 Å². The molecule has 138 valence electrons. The number of aromatic nitrogens is 2. The maximum Gasteiger partial charge on any atom is 0.274 e. The largest absolute Gasteiger partial charge is 0.383 e. The van der Waals surface area contributed by atoms with Crippen LogP contribution in [-0.4, -0.2) is 97.1 Å². The molecule has 1 aromatic heterocycles. The third kappa shape index (κ3) is 3.53. The Kier molecular flexibility index (Phi) is 5.07. The van der Waals surface area contributed by atoms with Crippen molar-refractivity contribution >= 4 is 11.8 Å². The van der Waals surface area contributed by atoms with Crippen molar-refractivity contribution in [2.75, 3.05) is 54.1 Å². The fourth-order valence-corrected chi connectivity index (χ4v) is 3.37. The fraction of sp³-hybridized carbons (Fsp3) is 0.688. The summed E-state index contributed by atoms with van der Waals surface area (Å²) in [6.45, 7) is 3.15. The number of carbonyl (C=O) groups is 2. The Labute approximate surface area is 146 Å². The second-order valence-electron chi connectivity index (χ2n) is 6.66. The smallest absolute Gasteiger partial charge is 0.274 e. The summed E-state index contributed by atoms with van der Waals surface area (Å²) in [6, 6.07) is 1.44. The number of nitrogens with one attached hydrogen (secondary N) is 1. The summed E-state index contributed by atoms with van der Waals surface area (Å²) in [4.78, 5) is 28.1. The van der Waals surface area contributed by atoms with E-state index in [1.807, 2.05) is 11.9 Å². The molecule has 3 rings (SSSR count). The molecule has 2 saturated heterocycles. The Bertz CT molecular complexity index is 640. The third-order valence-corrected chi connectivity index (χ3v) is 4.80. The summed E-state index contributed by atoms with van der Waals surface area (Å²) in [7, 11) is 5.16.